The van der Waals surface area contributed by atoms with Crippen molar-refractivity contribution < 1.29 is 35.9 Å². The standard InChI is InChI=1S/C19H14ClF3N2O5S/c20-12-3-1-2-4-15(12)31(27,28)25-9-7-11-13(25)5-6-14-16(11)17(24-8-10-29-14)30-18(26)19(21,22)23/h1-7,9,17,24H,8,10H2. The van der Waals surface area contributed by atoms with Gasteiger partial charge in [-0.3, -0.25) is 5.32 Å². The fraction of sp³-hybridized carbons (Fsp3) is 0.211. The van der Waals surface area contributed by atoms with E-state index in [2.05, 4.69) is 10.1 Å². The average molecular weight is 475 g/mol. The molecule has 0 spiro atoms. The van der Waals surface area contributed by atoms with E-state index in [4.69, 9.17) is 16.3 Å². The number of ether oxygens (including phenoxy) is 2. The van der Waals surface area contributed by atoms with Gasteiger partial charge in [-0.2, -0.15) is 13.2 Å². The first kappa shape index (κ1) is 21.5. The Morgan fingerprint density at radius 2 is 1.94 bits per heavy atom. The first-order chi connectivity index (χ1) is 14.6. The molecule has 0 saturated heterocycles. The minimum Gasteiger partial charge on any atom is -0.492 e. The summed E-state index contributed by atoms with van der Waals surface area (Å²) in [6, 6.07) is 10.1. The molecular weight excluding hydrogens is 461 g/mol. The highest BCUT2D eigenvalue weighted by Gasteiger charge is 2.43. The second-order valence-electron chi connectivity index (χ2n) is 6.54. The summed E-state index contributed by atoms with van der Waals surface area (Å²) in [6.45, 7) is 0.210. The number of hydrogen-bond acceptors (Lipinski definition) is 6. The van der Waals surface area contributed by atoms with Crippen molar-refractivity contribution in [3.05, 3.63) is 59.2 Å². The minimum atomic E-state index is -5.19. The lowest BCUT2D eigenvalue weighted by molar-refractivity contribution is -0.206. The van der Waals surface area contributed by atoms with E-state index in [-0.39, 0.29) is 45.3 Å². The molecule has 3 aromatic rings. The Hall–Kier alpha value is -2.76. The number of alkyl halides is 3. The van der Waals surface area contributed by atoms with Crippen LogP contribution in [0.25, 0.3) is 10.9 Å². The number of nitrogens with one attached hydrogen (secondary N) is 1. The normalized spacial score (nSPS) is 17.0. The van der Waals surface area contributed by atoms with E-state index in [1.54, 1.807) is 6.07 Å². The lowest BCUT2D eigenvalue weighted by Gasteiger charge is -2.20. The van der Waals surface area contributed by atoms with Crippen molar-refractivity contribution in [2.24, 2.45) is 0 Å². The van der Waals surface area contributed by atoms with E-state index in [0.717, 1.165) is 3.97 Å². The van der Waals surface area contributed by atoms with Crippen molar-refractivity contribution in [3.63, 3.8) is 0 Å². The van der Waals surface area contributed by atoms with E-state index in [0.29, 0.717) is 0 Å². The summed E-state index contributed by atoms with van der Waals surface area (Å²) in [4.78, 5) is 11.3. The average Bonchev–Trinajstić information content (AvgIpc) is 3.04. The molecule has 1 atom stereocenters. The van der Waals surface area contributed by atoms with Crippen molar-refractivity contribution in [3.8, 4) is 5.75 Å². The zero-order valence-corrected chi connectivity index (χ0v) is 17.1. The molecule has 164 valence electrons. The third kappa shape index (κ3) is 3.84. The highest BCUT2D eigenvalue weighted by atomic mass is 35.5. The lowest BCUT2D eigenvalue weighted by atomic mass is 10.1. The fourth-order valence-corrected chi connectivity index (χ4v) is 5.13. The Balaban J connectivity index is 1.86. The van der Waals surface area contributed by atoms with Crippen molar-refractivity contribution in [2.75, 3.05) is 13.2 Å². The zero-order chi connectivity index (χ0) is 22.4. The van der Waals surface area contributed by atoms with Crippen molar-refractivity contribution in [2.45, 2.75) is 17.3 Å². The van der Waals surface area contributed by atoms with Gasteiger partial charge >= 0.3 is 12.1 Å². The van der Waals surface area contributed by atoms with Gasteiger partial charge in [-0.15, -0.1) is 0 Å². The molecule has 0 amide bonds. The highest BCUT2D eigenvalue weighted by molar-refractivity contribution is 7.90. The van der Waals surface area contributed by atoms with Crippen LogP contribution in [0.3, 0.4) is 0 Å². The van der Waals surface area contributed by atoms with Crippen LogP contribution < -0.4 is 10.1 Å². The summed E-state index contributed by atoms with van der Waals surface area (Å²) in [5, 5.41) is 2.93. The van der Waals surface area contributed by atoms with Gasteiger partial charge in [-0.25, -0.2) is 17.2 Å². The maximum absolute atomic E-state index is 13.2. The van der Waals surface area contributed by atoms with Crippen LogP contribution in [0.1, 0.15) is 11.8 Å². The molecule has 0 fully saturated rings. The van der Waals surface area contributed by atoms with Crippen molar-refractivity contribution in [1.29, 1.82) is 0 Å². The van der Waals surface area contributed by atoms with Crippen molar-refractivity contribution in [1.82, 2.24) is 9.29 Å². The zero-order valence-electron chi connectivity index (χ0n) is 15.5. The molecule has 1 unspecified atom stereocenters. The fourth-order valence-electron chi connectivity index (χ4n) is 3.29. The minimum absolute atomic E-state index is 0.0149. The predicted octanol–water partition coefficient (Wildman–Crippen LogP) is 3.62. The summed E-state index contributed by atoms with van der Waals surface area (Å²) in [5.74, 6) is -2.21. The molecule has 1 aliphatic rings. The second-order valence-corrected chi connectivity index (χ2v) is 8.73. The molecule has 2 aromatic carbocycles. The first-order valence-electron chi connectivity index (χ1n) is 8.89. The van der Waals surface area contributed by atoms with Crippen LogP contribution in [-0.2, 0) is 19.6 Å². The molecule has 1 N–H and O–H groups in total. The third-order valence-electron chi connectivity index (χ3n) is 4.62. The maximum Gasteiger partial charge on any atom is 0.490 e. The molecule has 31 heavy (non-hydrogen) atoms. The van der Waals surface area contributed by atoms with Gasteiger partial charge in [0.1, 0.15) is 17.3 Å². The molecule has 12 heteroatoms. The van der Waals surface area contributed by atoms with E-state index in [9.17, 15) is 26.4 Å². The lowest BCUT2D eigenvalue weighted by Crippen LogP contribution is -2.33. The van der Waals surface area contributed by atoms with Crippen LogP contribution in [0.4, 0.5) is 13.2 Å². The molecular formula is C19H14ClF3N2O5S. The number of benzene rings is 2. The van der Waals surface area contributed by atoms with Gasteiger partial charge in [0.2, 0.25) is 0 Å². The van der Waals surface area contributed by atoms with E-state index in [1.807, 2.05) is 0 Å². The molecule has 0 aliphatic carbocycles. The molecule has 0 radical (unpaired) electrons. The number of aromatic nitrogens is 1. The van der Waals surface area contributed by atoms with Gasteiger partial charge in [-0.1, -0.05) is 23.7 Å². The molecule has 7 nitrogen and oxygen atoms in total. The van der Waals surface area contributed by atoms with Crippen LogP contribution in [0, 0.1) is 0 Å². The molecule has 1 aromatic heterocycles. The van der Waals surface area contributed by atoms with Crippen LogP contribution in [0.2, 0.25) is 5.02 Å². The Labute approximate surface area is 179 Å². The van der Waals surface area contributed by atoms with Crippen LogP contribution in [0.15, 0.2) is 53.6 Å². The van der Waals surface area contributed by atoms with Crippen LogP contribution >= 0.6 is 11.6 Å². The quantitative estimate of drug-likeness (QED) is 0.583. The largest absolute Gasteiger partial charge is 0.492 e. The Morgan fingerprint density at radius 1 is 1.19 bits per heavy atom. The molecule has 4 rings (SSSR count). The number of carbonyl (C=O) groups is 1. The van der Waals surface area contributed by atoms with Crippen LogP contribution in [0.5, 0.6) is 5.75 Å². The molecule has 2 heterocycles. The van der Waals surface area contributed by atoms with Gasteiger partial charge in [-0.05, 0) is 30.3 Å². The number of carbonyl (C=O) groups excluding carboxylic acids is 1. The number of hydrogen-bond donors (Lipinski definition) is 1. The number of nitrogens with zero attached hydrogens (tertiary/aromatic N) is 1. The van der Waals surface area contributed by atoms with Gasteiger partial charge in [0, 0.05) is 18.1 Å². The number of rotatable bonds is 3. The highest BCUT2D eigenvalue weighted by Crippen LogP contribution is 2.38. The molecule has 0 bridgehead atoms. The van der Waals surface area contributed by atoms with Crippen molar-refractivity contribution >= 4 is 38.5 Å². The maximum atomic E-state index is 13.2. The summed E-state index contributed by atoms with van der Waals surface area (Å²) < 4.78 is 75.7. The van der Waals surface area contributed by atoms with Gasteiger partial charge in [0.25, 0.3) is 10.0 Å². The molecule has 1 aliphatic heterocycles. The summed E-state index contributed by atoms with van der Waals surface area (Å²) in [5.41, 5.74) is 0.236. The van der Waals surface area contributed by atoms with E-state index >= 15 is 0 Å². The van der Waals surface area contributed by atoms with Crippen LogP contribution in [-0.4, -0.2) is 37.7 Å². The summed E-state index contributed by atoms with van der Waals surface area (Å²) in [6.07, 6.45) is -5.44. The number of halogens is 4. The Bertz CT molecular complexity index is 1270. The number of fused-ring (bicyclic) bond motifs is 3. The first-order valence-corrected chi connectivity index (χ1v) is 10.7. The van der Waals surface area contributed by atoms with Gasteiger partial charge in [0.05, 0.1) is 16.1 Å². The monoisotopic (exact) mass is 474 g/mol. The second kappa shape index (κ2) is 7.74. The Kier molecular flexibility index (Phi) is 5.36. The smallest absolute Gasteiger partial charge is 0.490 e. The van der Waals surface area contributed by atoms with E-state index in [1.165, 1.54) is 42.6 Å². The summed E-state index contributed by atoms with van der Waals surface area (Å²) >= 11 is 6.05. The SMILES string of the molecule is O=C(OC1NCCOc2ccc3c(ccn3S(=O)(=O)c3ccccc3Cl)c21)C(F)(F)F. The third-order valence-corrected chi connectivity index (χ3v) is 6.81. The topological polar surface area (TPSA) is 86.6 Å². The summed E-state index contributed by atoms with van der Waals surface area (Å²) in [7, 11) is -4.12. The van der Waals surface area contributed by atoms with Gasteiger partial charge < -0.3 is 9.47 Å². The predicted molar refractivity (Wildman–Crippen MR) is 104 cm³/mol. The number of esters is 1. The Morgan fingerprint density at radius 3 is 2.65 bits per heavy atom. The molecule has 0 saturated carbocycles. The van der Waals surface area contributed by atoms with Gasteiger partial charge in [0.15, 0.2) is 6.23 Å². The van der Waals surface area contributed by atoms with E-state index < -0.39 is 28.4 Å².